The molecule has 26 heavy (non-hydrogen) atoms. The third-order valence-electron chi connectivity index (χ3n) is 6.67. The van der Waals surface area contributed by atoms with Crippen molar-refractivity contribution >= 4 is 10.9 Å². The van der Waals surface area contributed by atoms with Crippen LogP contribution in [0.4, 0.5) is 0 Å². The summed E-state index contributed by atoms with van der Waals surface area (Å²) in [5.41, 5.74) is 7.49. The third kappa shape index (κ3) is 2.51. The number of aromatic nitrogens is 1. The van der Waals surface area contributed by atoms with Crippen LogP contribution in [-0.4, -0.2) is 22.6 Å². The van der Waals surface area contributed by atoms with Crippen LogP contribution in [0.25, 0.3) is 10.9 Å². The second kappa shape index (κ2) is 6.28. The zero-order valence-corrected chi connectivity index (χ0v) is 15.9. The van der Waals surface area contributed by atoms with Crippen LogP contribution >= 0.6 is 0 Å². The van der Waals surface area contributed by atoms with E-state index in [-0.39, 0.29) is 0 Å². The average Bonchev–Trinajstić information content (AvgIpc) is 2.93. The highest BCUT2D eigenvalue weighted by molar-refractivity contribution is 5.86. The largest absolute Gasteiger partial charge is 0.344 e. The van der Waals surface area contributed by atoms with Gasteiger partial charge in [-0.2, -0.15) is 0 Å². The van der Waals surface area contributed by atoms with Crippen LogP contribution < -0.4 is 0 Å². The van der Waals surface area contributed by atoms with E-state index >= 15 is 0 Å². The summed E-state index contributed by atoms with van der Waals surface area (Å²) in [6.45, 7) is 3.27. The second-order valence-electron chi connectivity index (χ2n) is 8.24. The number of nitrogens with zero attached hydrogens (tertiary/aromatic N) is 2. The summed E-state index contributed by atoms with van der Waals surface area (Å²) >= 11 is 0. The molecule has 0 saturated carbocycles. The molecule has 0 N–H and O–H groups in total. The lowest BCUT2D eigenvalue weighted by atomic mass is 9.82. The Morgan fingerprint density at radius 2 is 1.92 bits per heavy atom. The quantitative estimate of drug-likeness (QED) is 0.628. The fourth-order valence-electron chi connectivity index (χ4n) is 5.36. The number of aryl methyl sites for hydroxylation is 3. The number of fused-ring (bicyclic) bond motifs is 6. The summed E-state index contributed by atoms with van der Waals surface area (Å²) in [5.74, 6) is 0. The zero-order valence-electron chi connectivity index (χ0n) is 15.9. The molecular formula is C24H28N2. The molecule has 2 aliphatic heterocycles. The molecule has 2 aliphatic rings. The molecule has 3 aromatic rings. The van der Waals surface area contributed by atoms with Crippen molar-refractivity contribution in [3.8, 4) is 0 Å². The minimum absolute atomic E-state index is 0.614. The minimum Gasteiger partial charge on any atom is -0.344 e. The van der Waals surface area contributed by atoms with E-state index in [0.29, 0.717) is 6.04 Å². The maximum atomic E-state index is 2.66. The molecule has 1 aromatic heterocycles. The Kier molecular flexibility index (Phi) is 3.90. The van der Waals surface area contributed by atoms with Gasteiger partial charge in [0.1, 0.15) is 0 Å². The van der Waals surface area contributed by atoms with Crippen LogP contribution in [0.3, 0.4) is 0 Å². The molecule has 2 unspecified atom stereocenters. The van der Waals surface area contributed by atoms with Gasteiger partial charge in [-0.1, -0.05) is 48.0 Å². The number of piperidine rings is 1. The van der Waals surface area contributed by atoms with Crippen LogP contribution in [0.5, 0.6) is 0 Å². The predicted octanol–water partition coefficient (Wildman–Crippen LogP) is 5.27. The molecule has 1 saturated heterocycles. The van der Waals surface area contributed by atoms with E-state index in [4.69, 9.17) is 0 Å². The average molecular weight is 345 g/mol. The number of hydrogen-bond acceptors (Lipinski definition) is 1. The second-order valence-corrected chi connectivity index (χ2v) is 8.24. The molecule has 1 fully saturated rings. The Morgan fingerprint density at radius 3 is 2.81 bits per heavy atom. The number of likely N-dealkylation sites (N-methyl/N-ethyl adjacent to an activating group) is 1. The van der Waals surface area contributed by atoms with Crippen LogP contribution in [-0.2, 0) is 19.4 Å². The van der Waals surface area contributed by atoms with Crippen molar-refractivity contribution < 1.29 is 0 Å². The Bertz CT molecular complexity index is 952. The van der Waals surface area contributed by atoms with E-state index in [9.17, 15) is 0 Å². The van der Waals surface area contributed by atoms with Crippen LogP contribution in [0.1, 0.15) is 47.7 Å². The summed E-state index contributed by atoms with van der Waals surface area (Å²) in [5, 5.41) is 1.49. The first-order valence-corrected chi connectivity index (χ1v) is 10.1. The van der Waals surface area contributed by atoms with Crippen molar-refractivity contribution in [2.45, 2.75) is 57.7 Å². The van der Waals surface area contributed by atoms with Crippen molar-refractivity contribution in [3.63, 3.8) is 0 Å². The van der Waals surface area contributed by atoms with Crippen molar-refractivity contribution in [1.29, 1.82) is 0 Å². The van der Waals surface area contributed by atoms with Gasteiger partial charge in [-0.3, -0.25) is 4.90 Å². The number of hydrogen-bond donors (Lipinski definition) is 0. The van der Waals surface area contributed by atoms with Gasteiger partial charge in [0.2, 0.25) is 0 Å². The van der Waals surface area contributed by atoms with Gasteiger partial charge >= 0.3 is 0 Å². The van der Waals surface area contributed by atoms with E-state index in [1.54, 1.807) is 11.3 Å². The molecule has 5 rings (SSSR count). The molecule has 2 bridgehead atoms. The number of benzene rings is 2. The summed E-state index contributed by atoms with van der Waals surface area (Å²) in [6, 6.07) is 19.4. The predicted molar refractivity (Wildman–Crippen MR) is 109 cm³/mol. The van der Waals surface area contributed by atoms with Crippen molar-refractivity contribution in [2.24, 2.45) is 0 Å². The maximum Gasteiger partial charge on any atom is 0.0486 e. The first kappa shape index (κ1) is 16.1. The molecule has 0 radical (unpaired) electrons. The molecule has 0 amide bonds. The molecule has 2 heteroatoms. The van der Waals surface area contributed by atoms with Crippen LogP contribution in [0.2, 0.25) is 0 Å². The van der Waals surface area contributed by atoms with Gasteiger partial charge in [-0.05, 0) is 56.8 Å². The maximum absolute atomic E-state index is 2.66. The third-order valence-corrected chi connectivity index (χ3v) is 6.67. The van der Waals surface area contributed by atoms with E-state index in [2.05, 4.69) is 72.0 Å². The normalized spacial score (nSPS) is 22.5. The monoisotopic (exact) mass is 344 g/mol. The highest BCUT2D eigenvalue weighted by Gasteiger charge is 2.38. The first-order chi connectivity index (χ1) is 12.7. The molecule has 0 aliphatic carbocycles. The first-order valence-electron chi connectivity index (χ1n) is 10.1. The topological polar surface area (TPSA) is 8.17 Å². The fraction of sp³-hybridized carbons (Fsp3) is 0.417. The summed E-state index contributed by atoms with van der Waals surface area (Å²) in [4.78, 5) is 2.66. The summed E-state index contributed by atoms with van der Waals surface area (Å²) < 4.78 is 2.64. The van der Waals surface area contributed by atoms with E-state index < -0.39 is 0 Å². The molecule has 2 nitrogen and oxygen atoms in total. The molecule has 3 heterocycles. The summed E-state index contributed by atoms with van der Waals surface area (Å²) in [6.07, 6.45) is 6.36. The van der Waals surface area contributed by atoms with Gasteiger partial charge in [-0.25, -0.2) is 0 Å². The van der Waals surface area contributed by atoms with Gasteiger partial charge in [0.15, 0.2) is 0 Å². The highest BCUT2D eigenvalue weighted by atomic mass is 15.2. The lowest BCUT2D eigenvalue weighted by molar-refractivity contribution is 0.0988. The van der Waals surface area contributed by atoms with E-state index in [1.807, 2.05) is 0 Å². The SMILES string of the molecule is Cc1cccc(CCn2c3c(c4ccccc42)C2CCCC(C3)N2C)c1. The van der Waals surface area contributed by atoms with Gasteiger partial charge in [-0.15, -0.1) is 0 Å². The molecule has 134 valence electrons. The number of para-hydroxylation sites is 1. The standard InChI is InChI=1S/C24H28N2/c1-17-7-5-8-18(15-17)13-14-26-21-11-4-3-10-20(21)24-22-12-6-9-19(25(22)2)16-23(24)26/h3-5,7-8,10-11,15,19,22H,6,9,12-14,16H2,1-2H3. The van der Waals surface area contributed by atoms with Gasteiger partial charge in [0.05, 0.1) is 0 Å². The Labute approximate surface area is 156 Å². The lowest BCUT2D eigenvalue weighted by Crippen LogP contribution is -2.44. The van der Waals surface area contributed by atoms with Crippen LogP contribution in [0, 0.1) is 6.92 Å². The van der Waals surface area contributed by atoms with Crippen molar-refractivity contribution in [2.75, 3.05) is 7.05 Å². The van der Waals surface area contributed by atoms with Gasteiger partial charge in [0, 0.05) is 41.6 Å². The van der Waals surface area contributed by atoms with E-state index in [0.717, 1.165) is 19.0 Å². The smallest absolute Gasteiger partial charge is 0.0486 e. The minimum atomic E-state index is 0.614. The Hall–Kier alpha value is -2.06. The van der Waals surface area contributed by atoms with Crippen molar-refractivity contribution in [1.82, 2.24) is 9.47 Å². The number of rotatable bonds is 3. The fourth-order valence-corrected chi connectivity index (χ4v) is 5.36. The Morgan fingerprint density at radius 1 is 1.04 bits per heavy atom. The Balaban J connectivity index is 1.59. The molecular weight excluding hydrogens is 316 g/mol. The van der Waals surface area contributed by atoms with Crippen molar-refractivity contribution in [3.05, 3.63) is 70.9 Å². The zero-order chi connectivity index (χ0) is 17.7. The molecule has 0 spiro atoms. The lowest BCUT2D eigenvalue weighted by Gasteiger charge is -2.44. The highest BCUT2D eigenvalue weighted by Crippen LogP contribution is 2.45. The van der Waals surface area contributed by atoms with Gasteiger partial charge < -0.3 is 4.57 Å². The molecule has 2 atom stereocenters. The van der Waals surface area contributed by atoms with E-state index in [1.165, 1.54) is 47.7 Å². The molecule has 2 aromatic carbocycles. The van der Waals surface area contributed by atoms with Gasteiger partial charge in [0.25, 0.3) is 0 Å². The summed E-state index contributed by atoms with van der Waals surface area (Å²) in [7, 11) is 2.34. The van der Waals surface area contributed by atoms with Crippen LogP contribution in [0.15, 0.2) is 48.5 Å².